The summed E-state index contributed by atoms with van der Waals surface area (Å²) in [5.41, 5.74) is 0.793. The Bertz CT molecular complexity index is 558. The van der Waals surface area contributed by atoms with E-state index >= 15 is 0 Å². The second-order valence-corrected chi connectivity index (χ2v) is 6.30. The fraction of sp³-hybridized carbons (Fsp3) is 0.0833. The van der Waals surface area contributed by atoms with E-state index in [0.717, 1.165) is 20.3 Å². The molecule has 18 heavy (non-hydrogen) atoms. The highest BCUT2D eigenvalue weighted by atomic mass is 79.9. The van der Waals surface area contributed by atoms with E-state index in [4.69, 9.17) is 0 Å². The monoisotopic (exact) mass is 434 g/mol. The molecule has 0 aliphatic rings. The lowest BCUT2D eigenvalue weighted by Gasteiger charge is -2.09. The zero-order valence-corrected chi connectivity index (χ0v) is 13.9. The molecule has 2 aromatic rings. The van der Waals surface area contributed by atoms with Crippen LogP contribution in [0.5, 0.6) is 5.75 Å². The van der Waals surface area contributed by atoms with Gasteiger partial charge in [0.05, 0.1) is 4.47 Å². The van der Waals surface area contributed by atoms with Crippen molar-refractivity contribution >= 4 is 53.6 Å². The van der Waals surface area contributed by atoms with Crippen LogP contribution in [-0.2, 0) is 6.54 Å². The summed E-state index contributed by atoms with van der Waals surface area (Å²) >= 11 is 10.0. The molecule has 0 amide bonds. The summed E-state index contributed by atoms with van der Waals surface area (Å²) in [7, 11) is 0. The van der Waals surface area contributed by atoms with Crippen LogP contribution in [0.2, 0.25) is 0 Å². The highest BCUT2D eigenvalue weighted by molar-refractivity contribution is 9.11. The zero-order chi connectivity index (χ0) is 13.1. The number of aromatic hydroxyl groups is 1. The minimum Gasteiger partial charge on any atom is -0.506 e. The lowest BCUT2D eigenvalue weighted by atomic mass is 10.2. The number of halogens is 3. The van der Waals surface area contributed by atoms with Gasteiger partial charge in [0.1, 0.15) is 11.6 Å². The molecule has 0 radical (unpaired) electrons. The lowest BCUT2D eigenvalue weighted by molar-refractivity contribution is 0.465. The molecule has 0 unspecified atom stereocenters. The van der Waals surface area contributed by atoms with Gasteiger partial charge in [-0.25, -0.2) is 4.98 Å². The first-order chi connectivity index (χ1) is 8.56. The van der Waals surface area contributed by atoms with E-state index in [9.17, 15) is 5.11 Å². The standard InChI is InChI=1S/C12H9Br3N2O/c13-8-1-2-11(17-6-8)16-5-7-3-9(14)4-10(15)12(7)18/h1-4,6,18H,5H2,(H,16,17). The van der Waals surface area contributed by atoms with E-state index in [0.29, 0.717) is 11.0 Å². The summed E-state index contributed by atoms with van der Waals surface area (Å²) in [4.78, 5) is 4.20. The van der Waals surface area contributed by atoms with Gasteiger partial charge >= 0.3 is 0 Å². The number of phenolic OH excluding ortho intramolecular Hbond substituents is 1. The number of hydrogen-bond donors (Lipinski definition) is 2. The third-order valence-electron chi connectivity index (χ3n) is 2.29. The van der Waals surface area contributed by atoms with Gasteiger partial charge < -0.3 is 10.4 Å². The molecule has 0 aliphatic carbocycles. The molecule has 1 aromatic carbocycles. The van der Waals surface area contributed by atoms with E-state index in [2.05, 4.69) is 58.1 Å². The molecule has 0 aliphatic heterocycles. The fourth-order valence-corrected chi connectivity index (χ4v) is 2.97. The van der Waals surface area contributed by atoms with Crippen LogP contribution in [0.1, 0.15) is 5.56 Å². The maximum absolute atomic E-state index is 9.91. The number of nitrogens with zero attached hydrogens (tertiary/aromatic N) is 1. The molecule has 1 aromatic heterocycles. The van der Waals surface area contributed by atoms with Crippen molar-refractivity contribution < 1.29 is 5.11 Å². The SMILES string of the molecule is Oc1c(Br)cc(Br)cc1CNc1ccc(Br)cn1. The van der Waals surface area contributed by atoms with Crippen molar-refractivity contribution in [2.45, 2.75) is 6.54 Å². The maximum Gasteiger partial charge on any atom is 0.134 e. The van der Waals surface area contributed by atoms with Crippen molar-refractivity contribution in [3.05, 3.63) is 49.4 Å². The summed E-state index contributed by atoms with van der Waals surface area (Å²) in [5, 5.41) is 13.1. The van der Waals surface area contributed by atoms with Crippen molar-refractivity contribution in [3.63, 3.8) is 0 Å². The Kier molecular flexibility index (Phi) is 4.64. The van der Waals surface area contributed by atoms with Gasteiger partial charge in [-0.3, -0.25) is 0 Å². The number of pyridine rings is 1. The average Bonchev–Trinajstić information content (AvgIpc) is 2.34. The lowest BCUT2D eigenvalue weighted by Crippen LogP contribution is -2.01. The highest BCUT2D eigenvalue weighted by Crippen LogP contribution is 2.32. The first-order valence-electron chi connectivity index (χ1n) is 5.08. The molecule has 3 nitrogen and oxygen atoms in total. The van der Waals surface area contributed by atoms with Gasteiger partial charge in [-0.05, 0) is 56.1 Å². The van der Waals surface area contributed by atoms with E-state index in [1.54, 1.807) is 12.3 Å². The average molecular weight is 437 g/mol. The fourth-order valence-electron chi connectivity index (χ4n) is 1.42. The zero-order valence-electron chi connectivity index (χ0n) is 9.12. The Labute approximate surface area is 130 Å². The molecule has 1 heterocycles. The largest absolute Gasteiger partial charge is 0.506 e. The second-order valence-electron chi connectivity index (χ2n) is 3.61. The third kappa shape index (κ3) is 3.46. The number of nitrogens with one attached hydrogen (secondary N) is 1. The molecular weight excluding hydrogens is 428 g/mol. The molecule has 0 saturated heterocycles. The van der Waals surface area contributed by atoms with Crippen molar-refractivity contribution in [3.8, 4) is 5.75 Å². The summed E-state index contributed by atoms with van der Waals surface area (Å²) < 4.78 is 2.51. The molecule has 94 valence electrons. The third-order valence-corrected chi connectivity index (χ3v) is 3.83. The van der Waals surface area contributed by atoms with E-state index in [-0.39, 0.29) is 5.75 Å². The first-order valence-corrected chi connectivity index (χ1v) is 7.46. The van der Waals surface area contributed by atoms with Gasteiger partial charge in [0.25, 0.3) is 0 Å². The van der Waals surface area contributed by atoms with Gasteiger partial charge in [0.15, 0.2) is 0 Å². The molecule has 6 heteroatoms. The van der Waals surface area contributed by atoms with Crippen LogP contribution in [0.3, 0.4) is 0 Å². The van der Waals surface area contributed by atoms with E-state index < -0.39 is 0 Å². The molecule has 2 rings (SSSR count). The maximum atomic E-state index is 9.91. The smallest absolute Gasteiger partial charge is 0.134 e. The minimum absolute atomic E-state index is 0.239. The van der Waals surface area contributed by atoms with Crippen molar-refractivity contribution in [2.24, 2.45) is 0 Å². The molecule has 2 N–H and O–H groups in total. The molecule has 0 spiro atoms. The summed E-state index contributed by atoms with van der Waals surface area (Å²) in [5.74, 6) is 0.997. The van der Waals surface area contributed by atoms with E-state index in [1.807, 2.05) is 18.2 Å². The van der Waals surface area contributed by atoms with Gasteiger partial charge in [-0.2, -0.15) is 0 Å². The van der Waals surface area contributed by atoms with Gasteiger partial charge in [-0.15, -0.1) is 0 Å². The number of hydrogen-bond acceptors (Lipinski definition) is 3. The van der Waals surface area contributed by atoms with Crippen LogP contribution in [0.4, 0.5) is 5.82 Å². The number of benzene rings is 1. The Morgan fingerprint density at radius 1 is 1.11 bits per heavy atom. The topological polar surface area (TPSA) is 45.1 Å². The molecule has 0 saturated carbocycles. The number of aromatic nitrogens is 1. The van der Waals surface area contributed by atoms with Crippen molar-refractivity contribution in [1.82, 2.24) is 4.98 Å². The minimum atomic E-state index is 0.239. The van der Waals surface area contributed by atoms with Crippen molar-refractivity contribution in [1.29, 1.82) is 0 Å². The van der Waals surface area contributed by atoms with Crippen LogP contribution in [-0.4, -0.2) is 10.1 Å². The number of anilines is 1. The van der Waals surface area contributed by atoms with Crippen LogP contribution < -0.4 is 5.32 Å². The molecule has 0 atom stereocenters. The summed E-state index contributed by atoms with van der Waals surface area (Å²) in [6.45, 7) is 0.499. The second kappa shape index (κ2) is 6.04. The van der Waals surface area contributed by atoms with Gasteiger partial charge in [0.2, 0.25) is 0 Å². The Balaban J connectivity index is 2.13. The number of phenols is 1. The molecule has 0 fully saturated rings. The molecular formula is C12H9Br3N2O. The number of rotatable bonds is 3. The Morgan fingerprint density at radius 3 is 2.56 bits per heavy atom. The molecule has 0 bridgehead atoms. The van der Waals surface area contributed by atoms with Crippen LogP contribution >= 0.6 is 47.8 Å². The normalized spacial score (nSPS) is 10.4. The predicted octanol–water partition coefficient (Wildman–Crippen LogP) is 4.69. The first kappa shape index (κ1) is 13.8. The predicted molar refractivity (Wildman–Crippen MR) is 82.8 cm³/mol. The van der Waals surface area contributed by atoms with Gasteiger partial charge in [0, 0.05) is 27.3 Å². The van der Waals surface area contributed by atoms with Crippen LogP contribution in [0, 0.1) is 0 Å². The highest BCUT2D eigenvalue weighted by Gasteiger charge is 2.07. The van der Waals surface area contributed by atoms with Crippen LogP contribution in [0.15, 0.2) is 43.9 Å². The summed E-state index contributed by atoms with van der Waals surface area (Å²) in [6.07, 6.45) is 1.72. The van der Waals surface area contributed by atoms with Gasteiger partial charge in [-0.1, -0.05) is 15.9 Å². The van der Waals surface area contributed by atoms with E-state index in [1.165, 1.54) is 0 Å². The van der Waals surface area contributed by atoms with Crippen molar-refractivity contribution in [2.75, 3.05) is 5.32 Å². The quantitative estimate of drug-likeness (QED) is 0.733. The Hall–Kier alpha value is -0.590. The summed E-state index contributed by atoms with van der Waals surface area (Å²) in [6, 6.07) is 7.45. The van der Waals surface area contributed by atoms with Crippen LogP contribution in [0.25, 0.3) is 0 Å². The Morgan fingerprint density at radius 2 is 1.89 bits per heavy atom.